The first-order chi connectivity index (χ1) is 14.4. The molecule has 0 radical (unpaired) electrons. The number of rotatable bonds is 12. The van der Waals surface area contributed by atoms with Gasteiger partial charge < -0.3 is 20.5 Å². The summed E-state index contributed by atoms with van der Waals surface area (Å²) in [6, 6.07) is 9.07. The van der Waals surface area contributed by atoms with Crippen LogP contribution in [0.15, 0.2) is 29.3 Å². The highest BCUT2D eigenvalue weighted by Gasteiger charge is 2.17. The summed E-state index contributed by atoms with van der Waals surface area (Å²) in [5, 5.41) is 3.30. The van der Waals surface area contributed by atoms with Crippen LogP contribution in [0, 0.1) is 5.92 Å². The first kappa shape index (κ1) is 24.5. The third-order valence-electron chi connectivity index (χ3n) is 5.67. The molecule has 170 valence electrons. The molecule has 1 aromatic carbocycles. The van der Waals surface area contributed by atoms with E-state index in [0.29, 0.717) is 31.2 Å². The molecule has 2 rings (SSSR count). The Morgan fingerprint density at radius 3 is 2.77 bits per heavy atom. The van der Waals surface area contributed by atoms with Gasteiger partial charge in [-0.15, -0.1) is 0 Å². The summed E-state index contributed by atoms with van der Waals surface area (Å²) < 4.78 is 11.4. The Labute approximate surface area is 183 Å². The maximum Gasteiger partial charge on any atom is 0.189 e. The zero-order valence-corrected chi connectivity index (χ0v) is 19.4. The van der Waals surface area contributed by atoms with Crippen LogP contribution >= 0.6 is 0 Å². The number of hydrogen-bond acceptors (Lipinski definition) is 4. The van der Waals surface area contributed by atoms with Crippen LogP contribution in [0.3, 0.4) is 0 Å². The van der Waals surface area contributed by atoms with Crippen LogP contribution in [0.1, 0.15) is 58.4 Å². The van der Waals surface area contributed by atoms with Crippen molar-refractivity contribution in [1.29, 1.82) is 0 Å². The molecular weight excluding hydrogens is 376 g/mol. The first-order valence-electron chi connectivity index (χ1n) is 11.5. The van der Waals surface area contributed by atoms with Crippen molar-refractivity contribution in [2.24, 2.45) is 16.6 Å². The van der Waals surface area contributed by atoms with E-state index in [-0.39, 0.29) is 0 Å². The van der Waals surface area contributed by atoms with Crippen LogP contribution in [0.5, 0.6) is 5.75 Å². The molecule has 1 atom stereocenters. The number of nitrogens with two attached hydrogens (primary N) is 1. The second-order valence-electron chi connectivity index (χ2n) is 8.89. The lowest BCUT2D eigenvalue weighted by molar-refractivity contribution is 0.0392. The van der Waals surface area contributed by atoms with E-state index in [1.807, 2.05) is 12.1 Å². The molecule has 1 aromatic rings. The molecule has 0 bridgehead atoms. The minimum absolute atomic E-state index is 0.342. The highest BCUT2D eigenvalue weighted by atomic mass is 16.5. The van der Waals surface area contributed by atoms with Gasteiger partial charge in [-0.3, -0.25) is 4.90 Å². The van der Waals surface area contributed by atoms with Gasteiger partial charge in [-0.25, -0.2) is 4.99 Å². The molecule has 1 unspecified atom stereocenters. The van der Waals surface area contributed by atoms with Crippen LogP contribution in [0.4, 0.5) is 0 Å². The minimum Gasteiger partial charge on any atom is -0.492 e. The number of nitrogens with one attached hydrogen (secondary N) is 1. The van der Waals surface area contributed by atoms with E-state index in [9.17, 15) is 0 Å². The second kappa shape index (κ2) is 13.5. The molecule has 1 fully saturated rings. The fourth-order valence-electron chi connectivity index (χ4n) is 3.73. The van der Waals surface area contributed by atoms with E-state index >= 15 is 0 Å². The molecule has 1 saturated heterocycles. The normalized spacial score (nSPS) is 16.8. The van der Waals surface area contributed by atoms with Crippen LogP contribution in [0.25, 0.3) is 0 Å². The van der Waals surface area contributed by atoms with Crippen LogP contribution in [0.2, 0.25) is 0 Å². The smallest absolute Gasteiger partial charge is 0.189 e. The summed E-state index contributed by atoms with van der Waals surface area (Å²) >= 11 is 0. The molecule has 1 aliphatic rings. The number of likely N-dealkylation sites (N-methyl/N-ethyl adjacent to an activating group) is 1. The Morgan fingerprint density at radius 1 is 1.27 bits per heavy atom. The van der Waals surface area contributed by atoms with Crippen molar-refractivity contribution in [1.82, 2.24) is 10.2 Å². The number of benzene rings is 1. The lowest BCUT2D eigenvalue weighted by atomic mass is 10.0. The van der Waals surface area contributed by atoms with E-state index in [2.05, 4.69) is 55.2 Å². The molecule has 30 heavy (non-hydrogen) atoms. The van der Waals surface area contributed by atoms with Gasteiger partial charge in [0, 0.05) is 31.8 Å². The van der Waals surface area contributed by atoms with Gasteiger partial charge in [0.15, 0.2) is 5.96 Å². The number of ether oxygens (including phenoxy) is 2. The van der Waals surface area contributed by atoms with Gasteiger partial charge in [-0.2, -0.15) is 0 Å². The number of guanidine groups is 1. The van der Waals surface area contributed by atoms with Gasteiger partial charge in [0.25, 0.3) is 0 Å². The Hall–Kier alpha value is -1.79. The molecule has 1 aliphatic heterocycles. The van der Waals surface area contributed by atoms with Crippen LogP contribution < -0.4 is 15.8 Å². The lowest BCUT2D eigenvalue weighted by Gasteiger charge is -2.31. The second-order valence-corrected chi connectivity index (χ2v) is 8.89. The maximum atomic E-state index is 6.07. The van der Waals surface area contributed by atoms with Crippen molar-refractivity contribution in [3.63, 3.8) is 0 Å². The predicted molar refractivity (Wildman–Crippen MR) is 125 cm³/mol. The number of nitrogens with zero attached hydrogens (tertiary/aromatic N) is 2. The zero-order valence-electron chi connectivity index (χ0n) is 19.4. The van der Waals surface area contributed by atoms with Gasteiger partial charge in [0.2, 0.25) is 0 Å². The van der Waals surface area contributed by atoms with Gasteiger partial charge in [-0.05, 0) is 56.8 Å². The molecule has 0 saturated carbocycles. The van der Waals surface area contributed by atoms with Crippen molar-refractivity contribution in [3.8, 4) is 5.75 Å². The van der Waals surface area contributed by atoms with Crippen molar-refractivity contribution < 1.29 is 9.47 Å². The SMILES string of the molecule is CC(C)CCCC(C)NC(N)=NCc1cccc(OCCN(C)C2CCOCC2)c1. The molecule has 0 spiro atoms. The monoisotopic (exact) mass is 418 g/mol. The maximum absolute atomic E-state index is 6.07. The lowest BCUT2D eigenvalue weighted by Crippen LogP contribution is -2.38. The minimum atomic E-state index is 0.342. The third kappa shape index (κ3) is 9.81. The Bertz CT molecular complexity index is 629. The van der Waals surface area contributed by atoms with Crippen LogP contribution in [-0.2, 0) is 11.3 Å². The highest BCUT2D eigenvalue weighted by molar-refractivity contribution is 5.78. The zero-order chi connectivity index (χ0) is 21.8. The summed E-state index contributed by atoms with van der Waals surface area (Å²) in [7, 11) is 2.17. The van der Waals surface area contributed by atoms with E-state index in [1.165, 1.54) is 12.8 Å². The molecule has 0 aromatic heterocycles. The first-order valence-corrected chi connectivity index (χ1v) is 11.5. The molecule has 0 amide bonds. The number of aliphatic imine (C=N–C) groups is 1. The standard InChI is InChI=1S/C24H42N4O2/c1-19(2)7-5-8-20(3)27-24(25)26-18-21-9-6-10-23(17-21)30-16-13-28(4)22-11-14-29-15-12-22/h6,9-10,17,19-20,22H,5,7-8,11-16,18H2,1-4H3,(H3,25,26,27). The highest BCUT2D eigenvalue weighted by Crippen LogP contribution is 2.16. The third-order valence-corrected chi connectivity index (χ3v) is 5.67. The molecular formula is C24H42N4O2. The van der Waals surface area contributed by atoms with Crippen LogP contribution in [-0.4, -0.2) is 56.4 Å². The molecule has 1 heterocycles. The average Bonchev–Trinajstić information content (AvgIpc) is 2.73. The van der Waals surface area contributed by atoms with Gasteiger partial charge in [-0.1, -0.05) is 38.8 Å². The van der Waals surface area contributed by atoms with Gasteiger partial charge in [0.05, 0.1) is 6.54 Å². The summed E-state index contributed by atoms with van der Waals surface area (Å²) in [5.41, 5.74) is 7.17. The largest absolute Gasteiger partial charge is 0.492 e. The Morgan fingerprint density at radius 2 is 2.03 bits per heavy atom. The topological polar surface area (TPSA) is 72.1 Å². The molecule has 6 nitrogen and oxygen atoms in total. The fraction of sp³-hybridized carbons (Fsp3) is 0.708. The van der Waals surface area contributed by atoms with Crippen molar-refractivity contribution in [2.45, 2.75) is 71.5 Å². The van der Waals surface area contributed by atoms with Gasteiger partial charge in [0.1, 0.15) is 12.4 Å². The van der Waals surface area contributed by atoms with Gasteiger partial charge >= 0.3 is 0 Å². The summed E-state index contributed by atoms with van der Waals surface area (Å²) in [4.78, 5) is 6.88. The summed E-state index contributed by atoms with van der Waals surface area (Å²) in [5.74, 6) is 2.15. The van der Waals surface area contributed by atoms with Crippen molar-refractivity contribution >= 4 is 5.96 Å². The van der Waals surface area contributed by atoms with E-state index in [0.717, 1.165) is 56.3 Å². The summed E-state index contributed by atoms with van der Waals surface area (Å²) in [6.45, 7) is 10.6. The molecule has 0 aliphatic carbocycles. The quantitative estimate of drug-likeness (QED) is 0.399. The fourth-order valence-corrected chi connectivity index (χ4v) is 3.73. The number of hydrogen-bond donors (Lipinski definition) is 2. The van der Waals surface area contributed by atoms with Crippen molar-refractivity contribution in [3.05, 3.63) is 29.8 Å². The molecule has 3 N–H and O–H groups in total. The Balaban J connectivity index is 1.71. The van der Waals surface area contributed by atoms with Crippen molar-refractivity contribution in [2.75, 3.05) is 33.4 Å². The molecule has 6 heteroatoms. The van der Waals surface area contributed by atoms with E-state index in [1.54, 1.807) is 0 Å². The Kier molecular flexibility index (Phi) is 11.0. The predicted octanol–water partition coefficient (Wildman–Crippen LogP) is 3.80. The average molecular weight is 419 g/mol. The van der Waals surface area contributed by atoms with E-state index < -0.39 is 0 Å². The van der Waals surface area contributed by atoms with E-state index in [4.69, 9.17) is 15.2 Å². The summed E-state index contributed by atoms with van der Waals surface area (Å²) in [6.07, 6.45) is 5.79.